The van der Waals surface area contributed by atoms with Crippen molar-refractivity contribution < 1.29 is 19.1 Å². The second-order valence-electron chi connectivity index (χ2n) is 3.26. The highest BCUT2D eigenvalue weighted by atomic mass is 79.9. The van der Waals surface area contributed by atoms with Crippen LogP contribution in [-0.2, 0) is 4.79 Å². The highest BCUT2D eigenvalue weighted by Crippen LogP contribution is 2.14. The van der Waals surface area contributed by atoms with Gasteiger partial charge in [0.05, 0.1) is 0 Å². The summed E-state index contributed by atoms with van der Waals surface area (Å²) < 4.78 is 5.45. The Hall–Kier alpha value is -1.30. The maximum atomic E-state index is 11.6. The summed E-state index contributed by atoms with van der Waals surface area (Å²) in [7, 11) is 0. The van der Waals surface area contributed by atoms with E-state index < -0.39 is 17.9 Å². The normalized spacial score (nSPS) is 12.1. The minimum Gasteiger partial charge on any atom is -0.480 e. The predicted octanol–water partition coefficient (Wildman–Crippen LogP) is 2.03. The molecule has 1 unspecified atom stereocenters. The molecule has 16 heavy (non-hydrogen) atoms. The number of hydrogen-bond donors (Lipinski definition) is 2. The lowest BCUT2D eigenvalue weighted by Crippen LogP contribution is -2.40. The van der Waals surface area contributed by atoms with E-state index in [4.69, 9.17) is 9.52 Å². The Kier molecular flexibility index (Phi) is 4.54. The van der Waals surface area contributed by atoms with Gasteiger partial charge in [-0.1, -0.05) is 13.3 Å². The molecule has 0 aliphatic carbocycles. The molecule has 0 aliphatic rings. The molecule has 0 bridgehead atoms. The fraction of sp³-hybridized carbons (Fsp3) is 0.400. The van der Waals surface area contributed by atoms with Crippen molar-refractivity contribution in [1.29, 1.82) is 0 Å². The van der Waals surface area contributed by atoms with Crippen LogP contribution in [0.3, 0.4) is 0 Å². The third kappa shape index (κ3) is 3.37. The topological polar surface area (TPSA) is 79.5 Å². The van der Waals surface area contributed by atoms with Gasteiger partial charge in [-0.3, -0.25) is 4.79 Å². The molecule has 1 atom stereocenters. The molecule has 1 heterocycles. The van der Waals surface area contributed by atoms with E-state index in [1.807, 2.05) is 6.92 Å². The number of carboxylic acids is 1. The van der Waals surface area contributed by atoms with Gasteiger partial charge in [0.1, 0.15) is 6.04 Å². The molecule has 0 aliphatic heterocycles. The molecule has 5 nitrogen and oxygen atoms in total. The molecule has 6 heteroatoms. The molecule has 1 aromatic rings. The molecular formula is C10H12BrNO4. The van der Waals surface area contributed by atoms with Gasteiger partial charge in [0.25, 0.3) is 5.91 Å². The number of amides is 1. The summed E-state index contributed by atoms with van der Waals surface area (Å²) in [5.74, 6) is -1.47. The summed E-state index contributed by atoms with van der Waals surface area (Å²) in [5, 5.41) is 11.2. The quantitative estimate of drug-likeness (QED) is 0.869. The molecule has 0 saturated heterocycles. The molecule has 0 radical (unpaired) electrons. The van der Waals surface area contributed by atoms with E-state index in [0.29, 0.717) is 17.5 Å². The van der Waals surface area contributed by atoms with Crippen LogP contribution in [0.5, 0.6) is 0 Å². The Labute approximate surface area is 101 Å². The van der Waals surface area contributed by atoms with Crippen molar-refractivity contribution in [2.24, 2.45) is 0 Å². The van der Waals surface area contributed by atoms with Crippen molar-refractivity contribution in [3.8, 4) is 0 Å². The van der Waals surface area contributed by atoms with Crippen LogP contribution in [-0.4, -0.2) is 23.0 Å². The molecular weight excluding hydrogens is 278 g/mol. The van der Waals surface area contributed by atoms with Gasteiger partial charge in [0, 0.05) is 0 Å². The van der Waals surface area contributed by atoms with Crippen LogP contribution in [0, 0.1) is 0 Å². The highest BCUT2D eigenvalue weighted by molar-refractivity contribution is 9.10. The number of furan rings is 1. The van der Waals surface area contributed by atoms with E-state index >= 15 is 0 Å². The summed E-state index contributed by atoms with van der Waals surface area (Å²) in [6.45, 7) is 1.85. The van der Waals surface area contributed by atoms with Gasteiger partial charge in [0.2, 0.25) is 0 Å². The predicted molar refractivity (Wildman–Crippen MR) is 60.2 cm³/mol. The number of carbonyl (C=O) groups excluding carboxylic acids is 1. The highest BCUT2D eigenvalue weighted by Gasteiger charge is 2.21. The maximum absolute atomic E-state index is 11.6. The number of aliphatic carboxylic acids is 1. The molecule has 2 N–H and O–H groups in total. The van der Waals surface area contributed by atoms with Crippen molar-refractivity contribution in [2.45, 2.75) is 25.8 Å². The average Bonchev–Trinajstić information content (AvgIpc) is 2.64. The van der Waals surface area contributed by atoms with Gasteiger partial charge in [-0.05, 0) is 34.5 Å². The van der Waals surface area contributed by atoms with Gasteiger partial charge < -0.3 is 14.8 Å². The first-order valence-corrected chi connectivity index (χ1v) is 5.63. The lowest BCUT2D eigenvalue weighted by atomic mass is 10.1. The standard InChI is InChI=1S/C10H12BrNO4/c1-2-3-6(10(14)15)12-9(13)7-4-5-8(11)16-7/h4-6H,2-3H2,1H3,(H,12,13)(H,14,15). The van der Waals surface area contributed by atoms with Crippen molar-refractivity contribution in [3.63, 3.8) is 0 Å². The van der Waals surface area contributed by atoms with E-state index in [-0.39, 0.29) is 5.76 Å². The molecule has 1 amide bonds. The molecule has 0 fully saturated rings. The smallest absolute Gasteiger partial charge is 0.326 e. The van der Waals surface area contributed by atoms with Crippen LogP contribution >= 0.6 is 15.9 Å². The lowest BCUT2D eigenvalue weighted by Gasteiger charge is -2.11. The van der Waals surface area contributed by atoms with Gasteiger partial charge >= 0.3 is 5.97 Å². The Balaban J connectivity index is 2.65. The SMILES string of the molecule is CCCC(NC(=O)c1ccc(Br)o1)C(=O)O. The molecule has 0 saturated carbocycles. The van der Waals surface area contributed by atoms with Crippen molar-refractivity contribution in [3.05, 3.63) is 22.6 Å². The fourth-order valence-electron chi connectivity index (χ4n) is 1.21. The lowest BCUT2D eigenvalue weighted by molar-refractivity contribution is -0.139. The van der Waals surface area contributed by atoms with E-state index in [9.17, 15) is 9.59 Å². The van der Waals surface area contributed by atoms with E-state index in [0.717, 1.165) is 0 Å². The number of hydrogen-bond acceptors (Lipinski definition) is 3. The van der Waals surface area contributed by atoms with Crippen LogP contribution in [0.4, 0.5) is 0 Å². The second-order valence-corrected chi connectivity index (χ2v) is 4.04. The van der Waals surface area contributed by atoms with Crippen LogP contribution in [0.1, 0.15) is 30.3 Å². The summed E-state index contributed by atoms with van der Waals surface area (Å²) in [6, 6.07) is 2.18. The van der Waals surface area contributed by atoms with Crippen molar-refractivity contribution in [1.82, 2.24) is 5.32 Å². The Morgan fingerprint density at radius 2 is 2.25 bits per heavy atom. The van der Waals surface area contributed by atoms with Crippen LogP contribution < -0.4 is 5.32 Å². The number of nitrogens with one attached hydrogen (secondary N) is 1. The summed E-state index contributed by atoms with van der Waals surface area (Å²) in [6.07, 6.45) is 1.07. The van der Waals surface area contributed by atoms with E-state index in [1.54, 1.807) is 6.07 Å². The Morgan fingerprint density at radius 3 is 2.69 bits per heavy atom. The van der Waals surface area contributed by atoms with Gasteiger partial charge in [-0.15, -0.1) is 0 Å². The second kappa shape index (κ2) is 5.69. The molecule has 0 spiro atoms. The zero-order valence-corrected chi connectivity index (χ0v) is 10.3. The van der Waals surface area contributed by atoms with E-state index in [1.165, 1.54) is 6.07 Å². The minimum absolute atomic E-state index is 0.0919. The summed E-state index contributed by atoms with van der Waals surface area (Å²) in [4.78, 5) is 22.4. The summed E-state index contributed by atoms with van der Waals surface area (Å²) in [5.41, 5.74) is 0. The zero-order valence-electron chi connectivity index (χ0n) is 8.70. The number of halogens is 1. The maximum Gasteiger partial charge on any atom is 0.326 e. The van der Waals surface area contributed by atoms with Crippen molar-refractivity contribution in [2.75, 3.05) is 0 Å². The molecule has 0 aromatic carbocycles. The molecule has 88 valence electrons. The first-order valence-electron chi connectivity index (χ1n) is 4.83. The number of carbonyl (C=O) groups is 2. The van der Waals surface area contributed by atoms with Gasteiger partial charge in [-0.2, -0.15) is 0 Å². The van der Waals surface area contributed by atoms with Crippen LogP contribution in [0.2, 0.25) is 0 Å². The van der Waals surface area contributed by atoms with Gasteiger partial charge in [0.15, 0.2) is 10.4 Å². The first-order chi connectivity index (χ1) is 7.54. The zero-order chi connectivity index (χ0) is 12.1. The fourth-order valence-corrected chi connectivity index (χ4v) is 1.52. The van der Waals surface area contributed by atoms with E-state index in [2.05, 4.69) is 21.2 Å². The third-order valence-electron chi connectivity index (χ3n) is 1.98. The number of carboxylic acid groups (broad SMARTS) is 1. The largest absolute Gasteiger partial charge is 0.480 e. The molecule has 1 rings (SSSR count). The Bertz CT molecular complexity index is 388. The Morgan fingerprint density at radius 1 is 1.56 bits per heavy atom. The van der Waals surface area contributed by atoms with Crippen molar-refractivity contribution >= 4 is 27.8 Å². The minimum atomic E-state index is -1.04. The monoisotopic (exact) mass is 289 g/mol. The number of rotatable bonds is 5. The van der Waals surface area contributed by atoms with Crippen LogP contribution in [0.25, 0.3) is 0 Å². The van der Waals surface area contributed by atoms with Crippen LogP contribution in [0.15, 0.2) is 21.2 Å². The molecule has 1 aromatic heterocycles. The first kappa shape index (κ1) is 12.8. The summed E-state index contributed by atoms with van der Waals surface area (Å²) >= 11 is 3.06. The average molecular weight is 290 g/mol. The van der Waals surface area contributed by atoms with Gasteiger partial charge in [-0.25, -0.2) is 4.79 Å². The third-order valence-corrected chi connectivity index (χ3v) is 2.40.